The first-order valence-electron chi connectivity index (χ1n) is 9.13. The zero-order valence-electron chi connectivity index (χ0n) is 17.2. The Morgan fingerprint density at radius 3 is 2.46 bits per heavy atom. The monoisotopic (exact) mass is 502 g/mol. The number of hydrogen-bond acceptors (Lipinski definition) is 4. The first-order valence-corrected chi connectivity index (χ1v) is 9.13. The van der Waals surface area contributed by atoms with Crippen molar-refractivity contribution in [3.8, 4) is 0 Å². The number of ether oxygens (including phenoxy) is 1. The van der Waals surface area contributed by atoms with Gasteiger partial charge in [-0.3, -0.25) is 4.99 Å². The van der Waals surface area contributed by atoms with Crippen molar-refractivity contribution >= 4 is 47.1 Å². The quantitative estimate of drug-likeness (QED) is 0.245. The summed E-state index contributed by atoms with van der Waals surface area (Å²) >= 11 is 0. The van der Waals surface area contributed by atoms with Crippen molar-refractivity contribution in [2.45, 2.75) is 39.8 Å². The molecule has 0 spiro atoms. The minimum atomic E-state index is -0.495. The Hall–Kier alpha value is -2.04. The molecule has 0 bridgehead atoms. The minimum Gasteiger partial charge on any atom is -0.444 e. The van der Waals surface area contributed by atoms with Crippen LogP contribution in [0.4, 0.5) is 4.79 Å². The Labute approximate surface area is 183 Å². The number of carbonyl (C=O) groups is 1. The number of benzene rings is 1. The molecule has 0 saturated heterocycles. The maximum Gasteiger partial charge on any atom is 0.407 e. The molecule has 0 fully saturated rings. The lowest BCUT2D eigenvalue weighted by atomic mass is 10.2. The van der Waals surface area contributed by atoms with Crippen LogP contribution in [0.25, 0.3) is 11.0 Å². The molecule has 9 heteroatoms. The zero-order chi connectivity index (χ0) is 19.9. The lowest BCUT2D eigenvalue weighted by Gasteiger charge is -2.20. The Bertz CT molecular complexity index is 797. The molecule has 1 heterocycles. The molecule has 0 aliphatic rings. The highest BCUT2D eigenvalue weighted by atomic mass is 127. The molecule has 3 N–H and O–H groups in total. The molecule has 0 radical (unpaired) electrons. The van der Waals surface area contributed by atoms with Crippen molar-refractivity contribution in [2.24, 2.45) is 4.99 Å². The molecular weight excluding hydrogens is 471 g/mol. The summed E-state index contributed by atoms with van der Waals surface area (Å²) in [6.07, 6.45) is -0.422. The number of alkyl carbamates (subject to hydrolysis) is 1. The standard InChI is InChI=1S/C19H30N6O2.HI/c1-14-24-15-8-6-7-9-16(15)25(14)13-12-22-17(20-5)21-10-11-23-18(26)27-19(2,3)4;/h6-9H,10-13H2,1-5H3,(H,23,26)(H2,20,21,22);1H. The van der Waals surface area contributed by atoms with E-state index in [-0.39, 0.29) is 24.0 Å². The molecule has 1 aromatic carbocycles. The molecule has 28 heavy (non-hydrogen) atoms. The van der Waals surface area contributed by atoms with Gasteiger partial charge in [-0.15, -0.1) is 24.0 Å². The van der Waals surface area contributed by atoms with Gasteiger partial charge in [0.1, 0.15) is 11.4 Å². The van der Waals surface area contributed by atoms with Gasteiger partial charge in [-0.25, -0.2) is 9.78 Å². The van der Waals surface area contributed by atoms with Gasteiger partial charge >= 0.3 is 6.09 Å². The first kappa shape index (κ1) is 24.0. The number of guanidine groups is 1. The van der Waals surface area contributed by atoms with Crippen LogP contribution in [-0.4, -0.2) is 53.9 Å². The summed E-state index contributed by atoms with van der Waals surface area (Å²) in [6, 6.07) is 8.11. The van der Waals surface area contributed by atoms with Crippen LogP contribution in [0.5, 0.6) is 0 Å². The summed E-state index contributed by atoms with van der Waals surface area (Å²) in [5.74, 6) is 1.67. The van der Waals surface area contributed by atoms with Crippen LogP contribution >= 0.6 is 24.0 Å². The number of aliphatic imine (C=N–C) groups is 1. The third-order valence-electron chi connectivity index (χ3n) is 3.78. The number of aryl methyl sites for hydroxylation is 1. The van der Waals surface area contributed by atoms with Gasteiger partial charge in [0, 0.05) is 33.2 Å². The molecule has 156 valence electrons. The van der Waals surface area contributed by atoms with Crippen LogP contribution in [0.15, 0.2) is 29.3 Å². The Morgan fingerprint density at radius 2 is 1.79 bits per heavy atom. The van der Waals surface area contributed by atoms with Crippen molar-refractivity contribution in [1.29, 1.82) is 0 Å². The van der Waals surface area contributed by atoms with Crippen molar-refractivity contribution < 1.29 is 9.53 Å². The number of rotatable bonds is 6. The second kappa shape index (κ2) is 11.1. The molecule has 8 nitrogen and oxygen atoms in total. The molecule has 2 aromatic rings. The summed E-state index contributed by atoms with van der Waals surface area (Å²) in [4.78, 5) is 20.4. The summed E-state index contributed by atoms with van der Waals surface area (Å²) in [5.41, 5.74) is 1.64. The van der Waals surface area contributed by atoms with Gasteiger partial charge in [0.15, 0.2) is 5.96 Å². The number of imidazole rings is 1. The number of halogens is 1. The maximum atomic E-state index is 11.6. The molecule has 1 aromatic heterocycles. The fourth-order valence-electron chi connectivity index (χ4n) is 2.64. The third kappa shape index (κ3) is 7.53. The van der Waals surface area contributed by atoms with Crippen LogP contribution in [-0.2, 0) is 11.3 Å². The van der Waals surface area contributed by atoms with Gasteiger partial charge in [-0.1, -0.05) is 12.1 Å². The lowest BCUT2D eigenvalue weighted by molar-refractivity contribution is 0.0529. The van der Waals surface area contributed by atoms with E-state index in [4.69, 9.17) is 4.74 Å². The highest BCUT2D eigenvalue weighted by Gasteiger charge is 2.15. The van der Waals surface area contributed by atoms with Gasteiger partial charge in [0.25, 0.3) is 0 Å². The summed E-state index contributed by atoms with van der Waals surface area (Å²) < 4.78 is 7.37. The number of amides is 1. The van der Waals surface area contributed by atoms with Gasteiger partial charge < -0.3 is 25.3 Å². The van der Waals surface area contributed by atoms with Gasteiger partial charge in [-0.2, -0.15) is 0 Å². The molecule has 0 aliphatic carbocycles. The third-order valence-corrected chi connectivity index (χ3v) is 3.78. The van der Waals surface area contributed by atoms with Crippen LogP contribution in [0.2, 0.25) is 0 Å². The molecule has 0 unspecified atom stereocenters. The first-order chi connectivity index (χ1) is 12.8. The zero-order valence-corrected chi connectivity index (χ0v) is 19.5. The Balaban J connectivity index is 0.00000392. The predicted octanol–water partition coefficient (Wildman–Crippen LogP) is 2.65. The van der Waals surface area contributed by atoms with Crippen molar-refractivity contribution in [2.75, 3.05) is 26.7 Å². The smallest absolute Gasteiger partial charge is 0.407 e. The van der Waals surface area contributed by atoms with Gasteiger partial charge in [0.05, 0.1) is 11.0 Å². The highest BCUT2D eigenvalue weighted by Crippen LogP contribution is 2.14. The summed E-state index contributed by atoms with van der Waals surface area (Å²) in [6.45, 7) is 10.00. The summed E-state index contributed by atoms with van der Waals surface area (Å²) in [5, 5.41) is 9.14. The van der Waals surface area contributed by atoms with E-state index in [2.05, 4.69) is 36.6 Å². The van der Waals surface area contributed by atoms with E-state index in [1.54, 1.807) is 7.05 Å². The topological polar surface area (TPSA) is 92.6 Å². The van der Waals surface area contributed by atoms with Crippen molar-refractivity contribution in [3.05, 3.63) is 30.1 Å². The highest BCUT2D eigenvalue weighted by molar-refractivity contribution is 14.0. The number of para-hydroxylation sites is 2. The largest absolute Gasteiger partial charge is 0.444 e. The SMILES string of the molecule is CN=C(NCCNC(=O)OC(C)(C)C)NCCn1c(C)nc2ccccc21.I. The van der Waals surface area contributed by atoms with Crippen LogP contribution in [0.1, 0.15) is 26.6 Å². The van der Waals surface area contributed by atoms with Gasteiger partial charge in [-0.05, 0) is 39.8 Å². The van der Waals surface area contributed by atoms with E-state index in [0.717, 1.165) is 23.4 Å². The van der Waals surface area contributed by atoms with Gasteiger partial charge in [0.2, 0.25) is 0 Å². The number of carbonyl (C=O) groups excluding carboxylic acids is 1. The van der Waals surface area contributed by atoms with E-state index in [9.17, 15) is 4.79 Å². The van der Waals surface area contributed by atoms with E-state index < -0.39 is 11.7 Å². The molecule has 2 rings (SSSR count). The van der Waals surface area contributed by atoms with E-state index in [0.29, 0.717) is 25.6 Å². The maximum absolute atomic E-state index is 11.6. The predicted molar refractivity (Wildman–Crippen MR) is 123 cm³/mol. The Kier molecular flexibility index (Phi) is 9.50. The van der Waals surface area contributed by atoms with E-state index in [1.165, 1.54) is 0 Å². The van der Waals surface area contributed by atoms with Crippen molar-refractivity contribution in [1.82, 2.24) is 25.5 Å². The average molecular weight is 502 g/mol. The lowest BCUT2D eigenvalue weighted by Crippen LogP contribution is -2.43. The molecular formula is C19H31IN6O2. The fraction of sp³-hybridized carbons (Fsp3) is 0.526. The summed E-state index contributed by atoms with van der Waals surface area (Å²) in [7, 11) is 1.72. The molecule has 0 aliphatic heterocycles. The minimum absolute atomic E-state index is 0. The second-order valence-electron chi connectivity index (χ2n) is 7.15. The molecule has 1 amide bonds. The molecule has 0 atom stereocenters. The van der Waals surface area contributed by atoms with Crippen LogP contribution < -0.4 is 16.0 Å². The van der Waals surface area contributed by atoms with Crippen molar-refractivity contribution in [3.63, 3.8) is 0 Å². The van der Waals surface area contributed by atoms with E-state index in [1.807, 2.05) is 45.9 Å². The fourth-order valence-corrected chi connectivity index (χ4v) is 2.64. The number of nitrogens with one attached hydrogen (secondary N) is 3. The van der Waals surface area contributed by atoms with E-state index >= 15 is 0 Å². The average Bonchev–Trinajstić information content (AvgIpc) is 2.91. The number of fused-ring (bicyclic) bond motifs is 1. The normalized spacial score (nSPS) is 11.7. The van der Waals surface area contributed by atoms with Crippen LogP contribution in [0.3, 0.4) is 0 Å². The number of aromatic nitrogens is 2. The second-order valence-corrected chi connectivity index (χ2v) is 7.15. The molecule has 0 saturated carbocycles. The number of nitrogens with zero attached hydrogens (tertiary/aromatic N) is 3. The van der Waals surface area contributed by atoms with Crippen LogP contribution in [0, 0.1) is 6.92 Å². The Morgan fingerprint density at radius 1 is 1.14 bits per heavy atom. The number of hydrogen-bond donors (Lipinski definition) is 3.